The van der Waals surface area contributed by atoms with E-state index in [1.165, 1.54) is 37.9 Å². The number of hydrogen-bond acceptors (Lipinski definition) is 3. The van der Waals surface area contributed by atoms with Crippen molar-refractivity contribution in [2.24, 2.45) is 0 Å². The summed E-state index contributed by atoms with van der Waals surface area (Å²) in [6.07, 6.45) is 8.51. The van der Waals surface area contributed by atoms with Crippen molar-refractivity contribution in [2.75, 3.05) is 6.54 Å². The predicted octanol–water partition coefficient (Wildman–Crippen LogP) is 3.36. The number of hydrogen-bond donors (Lipinski definition) is 1. The standard InChI is InChI=1S/C16H23FN2O/c1-12-15(14-7-6-13(17)10-18-14)20-16(11-19-12)8-4-2-3-5-9-16/h6-7,10,12,15,19H,2-5,8-9,11H2,1H3. The lowest BCUT2D eigenvalue weighted by molar-refractivity contribution is -0.143. The Morgan fingerprint density at radius 2 is 2.00 bits per heavy atom. The maximum Gasteiger partial charge on any atom is 0.141 e. The quantitative estimate of drug-likeness (QED) is 0.855. The van der Waals surface area contributed by atoms with E-state index in [1.54, 1.807) is 6.07 Å². The molecule has 0 aromatic carbocycles. The number of halogens is 1. The summed E-state index contributed by atoms with van der Waals surface area (Å²) in [5, 5.41) is 3.57. The van der Waals surface area contributed by atoms with Crippen molar-refractivity contribution >= 4 is 0 Å². The van der Waals surface area contributed by atoms with Gasteiger partial charge in [-0.15, -0.1) is 0 Å². The Morgan fingerprint density at radius 1 is 1.25 bits per heavy atom. The third-order valence-corrected chi connectivity index (χ3v) is 4.63. The molecule has 1 aromatic rings. The molecule has 1 aliphatic heterocycles. The van der Waals surface area contributed by atoms with Crippen molar-refractivity contribution in [1.29, 1.82) is 0 Å². The van der Waals surface area contributed by atoms with Crippen LogP contribution >= 0.6 is 0 Å². The van der Waals surface area contributed by atoms with Crippen LogP contribution in [0.3, 0.4) is 0 Å². The van der Waals surface area contributed by atoms with E-state index in [0.29, 0.717) is 0 Å². The van der Waals surface area contributed by atoms with Crippen LogP contribution in [0.5, 0.6) is 0 Å². The fraction of sp³-hybridized carbons (Fsp3) is 0.688. The van der Waals surface area contributed by atoms with Gasteiger partial charge in [-0.25, -0.2) is 4.39 Å². The first-order valence-electron chi connectivity index (χ1n) is 7.71. The molecule has 2 atom stereocenters. The van der Waals surface area contributed by atoms with Crippen molar-refractivity contribution in [3.63, 3.8) is 0 Å². The molecule has 0 amide bonds. The van der Waals surface area contributed by atoms with Crippen LogP contribution in [0.2, 0.25) is 0 Å². The van der Waals surface area contributed by atoms with Crippen LogP contribution in [0.1, 0.15) is 57.2 Å². The highest BCUT2D eigenvalue weighted by atomic mass is 19.1. The molecule has 1 aliphatic carbocycles. The third-order valence-electron chi connectivity index (χ3n) is 4.63. The smallest absolute Gasteiger partial charge is 0.141 e. The van der Waals surface area contributed by atoms with Crippen molar-refractivity contribution < 1.29 is 9.13 Å². The second-order valence-electron chi connectivity index (χ2n) is 6.21. The molecular formula is C16H23FN2O. The van der Waals surface area contributed by atoms with Gasteiger partial charge < -0.3 is 10.1 Å². The van der Waals surface area contributed by atoms with Crippen LogP contribution in [-0.2, 0) is 4.74 Å². The Labute approximate surface area is 119 Å². The molecule has 20 heavy (non-hydrogen) atoms. The van der Waals surface area contributed by atoms with Crippen molar-refractivity contribution in [1.82, 2.24) is 10.3 Å². The minimum atomic E-state index is -0.297. The molecule has 1 saturated heterocycles. The van der Waals surface area contributed by atoms with Crippen LogP contribution in [0.4, 0.5) is 4.39 Å². The molecule has 2 heterocycles. The van der Waals surface area contributed by atoms with E-state index in [2.05, 4.69) is 17.2 Å². The van der Waals surface area contributed by atoms with Gasteiger partial charge in [0.25, 0.3) is 0 Å². The first-order chi connectivity index (χ1) is 9.69. The minimum absolute atomic E-state index is 0.0518. The van der Waals surface area contributed by atoms with Gasteiger partial charge in [0.2, 0.25) is 0 Å². The first kappa shape index (κ1) is 14.0. The summed E-state index contributed by atoms with van der Waals surface area (Å²) in [5.41, 5.74) is 0.777. The van der Waals surface area contributed by atoms with Crippen LogP contribution < -0.4 is 5.32 Å². The van der Waals surface area contributed by atoms with Gasteiger partial charge >= 0.3 is 0 Å². The zero-order valence-corrected chi connectivity index (χ0v) is 12.1. The van der Waals surface area contributed by atoms with E-state index in [4.69, 9.17) is 4.74 Å². The maximum atomic E-state index is 13.0. The first-order valence-corrected chi connectivity index (χ1v) is 7.71. The summed E-state index contributed by atoms with van der Waals surface area (Å²) < 4.78 is 19.5. The highest BCUT2D eigenvalue weighted by Crippen LogP contribution is 2.38. The van der Waals surface area contributed by atoms with Gasteiger partial charge in [-0.1, -0.05) is 25.7 Å². The summed E-state index contributed by atoms with van der Waals surface area (Å²) in [4.78, 5) is 4.21. The van der Waals surface area contributed by atoms with E-state index in [1.807, 2.05) is 0 Å². The zero-order chi connectivity index (χ0) is 14.0. The summed E-state index contributed by atoms with van der Waals surface area (Å²) in [7, 11) is 0. The van der Waals surface area contributed by atoms with E-state index >= 15 is 0 Å². The molecule has 3 nitrogen and oxygen atoms in total. The van der Waals surface area contributed by atoms with Gasteiger partial charge in [-0.3, -0.25) is 4.98 Å². The van der Waals surface area contributed by atoms with Crippen molar-refractivity contribution in [3.8, 4) is 0 Å². The maximum absolute atomic E-state index is 13.0. The monoisotopic (exact) mass is 278 g/mol. The van der Waals surface area contributed by atoms with Crippen LogP contribution in [0.15, 0.2) is 18.3 Å². The summed E-state index contributed by atoms with van der Waals surface area (Å²) in [6, 6.07) is 3.42. The Hall–Kier alpha value is -1.00. The average Bonchev–Trinajstić information content (AvgIpc) is 2.69. The van der Waals surface area contributed by atoms with Crippen LogP contribution in [0, 0.1) is 5.82 Å². The van der Waals surface area contributed by atoms with Crippen LogP contribution in [0.25, 0.3) is 0 Å². The van der Waals surface area contributed by atoms with E-state index in [0.717, 1.165) is 25.1 Å². The molecule has 110 valence electrons. The number of nitrogens with zero attached hydrogens (tertiary/aromatic N) is 1. The van der Waals surface area contributed by atoms with Crippen LogP contribution in [-0.4, -0.2) is 23.2 Å². The fourth-order valence-electron chi connectivity index (χ4n) is 3.41. The average molecular weight is 278 g/mol. The van der Waals surface area contributed by atoms with Gasteiger partial charge in [-0.2, -0.15) is 0 Å². The molecule has 2 unspecified atom stereocenters. The SMILES string of the molecule is CC1NCC2(CCCCCC2)OC1c1ccc(F)cn1. The van der Waals surface area contributed by atoms with Gasteiger partial charge in [0.15, 0.2) is 0 Å². The predicted molar refractivity (Wildman–Crippen MR) is 75.9 cm³/mol. The molecule has 1 saturated carbocycles. The molecule has 4 heteroatoms. The Morgan fingerprint density at radius 3 is 2.65 bits per heavy atom. The number of nitrogens with one attached hydrogen (secondary N) is 1. The highest BCUT2D eigenvalue weighted by Gasteiger charge is 2.41. The lowest BCUT2D eigenvalue weighted by atomic mass is 9.90. The molecule has 1 spiro atoms. The molecule has 2 fully saturated rings. The zero-order valence-electron chi connectivity index (χ0n) is 12.1. The van der Waals surface area contributed by atoms with Crippen molar-refractivity contribution in [2.45, 2.75) is 63.2 Å². The summed E-state index contributed by atoms with van der Waals surface area (Å²) in [6.45, 7) is 3.03. The van der Waals surface area contributed by atoms with Gasteiger partial charge in [0, 0.05) is 12.6 Å². The Balaban J connectivity index is 1.80. The molecule has 0 radical (unpaired) electrons. The minimum Gasteiger partial charge on any atom is -0.363 e. The normalized spacial score (nSPS) is 30.1. The largest absolute Gasteiger partial charge is 0.363 e. The summed E-state index contributed by atoms with van der Waals surface area (Å²) >= 11 is 0. The third kappa shape index (κ3) is 2.86. The van der Waals surface area contributed by atoms with E-state index in [-0.39, 0.29) is 23.6 Å². The number of ether oxygens (including phenoxy) is 1. The van der Waals surface area contributed by atoms with Gasteiger partial charge in [0.05, 0.1) is 17.5 Å². The molecule has 1 aromatic heterocycles. The van der Waals surface area contributed by atoms with E-state index < -0.39 is 0 Å². The molecule has 1 N–H and O–H groups in total. The molecule has 0 bridgehead atoms. The van der Waals surface area contributed by atoms with E-state index in [9.17, 15) is 4.39 Å². The topological polar surface area (TPSA) is 34.1 Å². The second kappa shape index (κ2) is 5.78. The lowest BCUT2D eigenvalue weighted by Gasteiger charge is -2.44. The molecule has 3 rings (SSSR count). The summed E-state index contributed by atoms with van der Waals surface area (Å²) in [5.74, 6) is -0.297. The highest BCUT2D eigenvalue weighted by molar-refractivity contribution is 5.12. The van der Waals surface area contributed by atoms with Crippen molar-refractivity contribution in [3.05, 3.63) is 29.8 Å². The number of rotatable bonds is 1. The second-order valence-corrected chi connectivity index (χ2v) is 6.21. The van der Waals surface area contributed by atoms with Gasteiger partial charge in [-0.05, 0) is 31.9 Å². The Bertz CT molecular complexity index is 440. The molecular weight excluding hydrogens is 255 g/mol. The number of pyridine rings is 1. The lowest BCUT2D eigenvalue weighted by Crippen LogP contribution is -2.54. The van der Waals surface area contributed by atoms with Gasteiger partial charge in [0.1, 0.15) is 11.9 Å². The number of aromatic nitrogens is 1. The fourth-order valence-corrected chi connectivity index (χ4v) is 3.41. The number of morpholine rings is 1. The molecule has 2 aliphatic rings. The Kier molecular flexibility index (Phi) is 4.03.